The summed E-state index contributed by atoms with van der Waals surface area (Å²) in [6.07, 6.45) is 0.786. The highest BCUT2D eigenvalue weighted by Gasteiger charge is 2.37. The largest absolute Gasteiger partial charge is 0.379 e. The molecule has 1 amide bonds. The minimum atomic E-state index is -0.466. The van der Waals surface area contributed by atoms with E-state index in [1.54, 1.807) is 11.0 Å². The molecule has 2 aliphatic heterocycles. The van der Waals surface area contributed by atoms with Crippen molar-refractivity contribution in [2.45, 2.75) is 12.5 Å². The van der Waals surface area contributed by atoms with Gasteiger partial charge in [-0.1, -0.05) is 11.6 Å². The van der Waals surface area contributed by atoms with Gasteiger partial charge in [0.2, 0.25) is 5.91 Å². The number of hydrogen-bond donors (Lipinski definition) is 0. The van der Waals surface area contributed by atoms with Crippen LogP contribution in [0, 0.1) is 5.82 Å². The minimum absolute atomic E-state index is 0.0464. The number of morpholine rings is 1. The summed E-state index contributed by atoms with van der Waals surface area (Å²) >= 11 is 5.79. The second kappa shape index (κ2) is 5.68. The van der Waals surface area contributed by atoms with Gasteiger partial charge in [-0.05, 0) is 24.6 Å². The highest BCUT2D eigenvalue weighted by Crippen LogP contribution is 2.28. The van der Waals surface area contributed by atoms with Crippen LogP contribution < -0.4 is 4.90 Å². The average Bonchev–Trinajstić information content (AvgIpc) is 2.85. The van der Waals surface area contributed by atoms with Crippen molar-refractivity contribution < 1.29 is 13.9 Å². The maximum absolute atomic E-state index is 13.2. The second-order valence-electron chi connectivity index (χ2n) is 5.04. The van der Waals surface area contributed by atoms with Crippen molar-refractivity contribution in [2.24, 2.45) is 0 Å². The zero-order valence-electron chi connectivity index (χ0n) is 11.0. The van der Waals surface area contributed by atoms with Gasteiger partial charge in [0.1, 0.15) is 5.82 Å². The lowest BCUT2D eigenvalue weighted by molar-refractivity contribution is -0.123. The lowest BCUT2D eigenvalue weighted by Gasteiger charge is -2.31. The summed E-state index contributed by atoms with van der Waals surface area (Å²) in [7, 11) is 0. The summed E-state index contributed by atoms with van der Waals surface area (Å²) in [5, 5.41) is 0.0464. The van der Waals surface area contributed by atoms with E-state index in [0.29, 0.717) is 25.4 Å². The van der Waals surface area contributed by atoms with E-state index >= 15 is 0 Å². The molecule has 1 atom stereocenters. The minimum Gasteiger partial charge on any atom is -0.379 e. The normalized spacial score (nSPS) is 24.4. The van der Waals surface area contributed by atoms with Crippen LogP contribution in [0.2, 0.25) is 5.02 Å². The Kier molecular flexibility index (Phi) is 3.92. The first-order valence-corrected chi connectivity index (χ1v) is 7.13. The smallest absolute Gasteiger partial charge is 0.244 e. The van der Waals surface area contributed by atoms with E-state index in [-0.39, 0.29) is 17.0 Å². The highest BCUT2D eigenvalue weighted by atomic mass is 35.5. The van der Waals surface area contributed by atoms with Gasteiger partial charge in [0.15, 0.2) is 0 Å². The van der Waals surface area contributed by atoms with Crippen molar-refractivity contribution in [1.29, 1.82) is 0 Å². The molecule has 3 rings (SSSR count). The Labute approximate surface area is 122 Å². The van der Waals surface area contributed by atoms with Gasteiger partial charge in [-0.2, -0.15) is 0 Å². The maximum Gasteiger partial charge on any atom is 0.244 e. The van der Waals surface area contributed by atoms with Gasteiger partial charge in [0, 0.05) is 25.3 Å². The molecule has 108 valence electrons. The number of hydrogen-bond acceptors (Lipinski definition) is 3. The van der Waals surface area contributed by atoms with Crippen LogP contribution in [0.4, 0.5) is 10.1 Å². The van der Waals surface area contributed by atoms with Crippen molar-refractivity contribution in [3.8, 4) is 0 Å². The molecule has 0 spiro atoms. The maximum atomic E-state index is 13.2. The van der Waals surface area contributed by atoms with Crippen LogP contribution >= 0.6 is 11.6 Å². The van der Waals surface area contributed by atoms with E-state index in [1.807, 2.05) is 0 Å². The average molecular weight is 299 g/mol. The van der Waals surface area contributed by atoms with Crippen LogP contribution in [0.25, 0.3) is 0 Å². The van der Waals surface area contributed by atoms with Gasteiger partial charge in [0.05, 0.1) is 24.3 Å². The number of carbonyl (C=O) groups excluding carboxylic acids is 1. The Hall–Kier alpha value is -1.17. The summed E-state index contributed by atoms with van der Waals surface area (Å²) in [6.45, 7) is 3.56. The third kappa shape index (κ3) is 2.53. The fraction of sp³-hybridized carbons (Fsp3) is 0.500. The Morgan fingerprint density at radius 3 is 2.70 bits per heavy atom. The van der Waals surface area contributed by atoms with Crippen LogP contribution in [0.15, 0.2) is 18.2 Å². The van der Waals surface area contributed by atoms with E-state index in [1.165, 1.54) is 12.1 Å². The number of carbonyl (C=O) groups is 1. The molecule has 0 bridgehead atoms. The van der Waals surface area contributed by atoms with Crippen molar-refractivity contribution in [1.82, 2.24) is 4.90 Å². The molecule has 2 heterocycles. The zero-order chi connectivity index (χ0) is 14.1. The molecule has 4 nitrogen and oxygen atoms in total. The van der Waals surface area contributed by atoms with Crippen LogP contribution in [-0.2, 0) is 9.53 Å². The Balaban J connectivity index is 1.76. The molecule has 2 saturated heterocycles. The fourth-order valence-corrected chi connectivity index (χ4v) is 2.98. The lowest BCUT2D eigenvalue weighted by Crippen LogP contribution is -2.47. The first-order chi connectivity index (χ1) is 9.66. The molecule has 1 aromatic carbocycles. The van der Waals surface area contributed by atoms with Gasteiger partial charge in [0.25, 0.3) is 0 Å². The topological polar surface area (TPSA) is 32.8 Å². The van der Waals surface area contributed by atoms with Crippen molar-refractivity contribution in [3.63, 3.8) is 0 Å². The summed E-state index contributed by atoms with van der Waals surface area (Å²) < 4.78 is 18.5. The monoisotopic (exact) mass is 298 g/mol. The fourth-order valence-electron chi connectivity index (χ4n) is 2.80. The quantitative estimate of drug-likeness (QED) is 0.836. The Bertz CT molecular complexity index is 520. The summed E-state index contributed by atoms with van der Waals surface area (Å²) in [5.74, 6) is -0.402. The number of anilines is 1. The third-order valence-corrected chi connectivity index (χ3v) is 4.17. The number of nitrogens with zero attached hydrogens (tertiary/aromatic N) is 2. The molecular weight excluding hydrogens is 283 g/mol. The van der Waals surface area contributed by atoms with Crippen LogP contribution in [0.5, 0.6) is 0 Å². The molecule has 0 unspecified atom stereocenters. The molecule has 2 aliphatic rings. The van der Waals surface area contributed by atoms with E-state index in [4.69, 9.17) is 16.3 Å². The van der Waals surface area contributed by atoms with E-state index in [2.05, 4.69) is 4.90 Å². The first-order valence-electron chi connectivity index (χ1n) is 6.75. The zero-order valence-corrected chi connectivity index (χ0v) is 11.8. The van der Waals surface area contributed by atoms with Crippen molar-refractivity contribution in [3.05, 3.63) is 29.0 Å². The molecule has 0 aromatic heterocycles. The van der Waals surface area contributed by atoms with Crippen molar-refractivity contribution in [2.75, 3.05) is 37.7 Å². The van der Waals surface area contributed by atoms with Crippen LogP contribution in [0.1, 0.15) is 6.42 Å². The third-order valence-electron chi connectivity index (χ3n) is 3.88. The molecule has 1 aromatic rings. The molecule has 6 heteroatoms. The number of rotatable bonds is 2. The van der Waals surface area contributed by atoms with Crippen LogP contribution in [-0.4, -0.2) is 49.7 Å². The summed E-state index contributed by atoms with van der Waals surface area (Å²) in [5.41, 5.74) is 0.664. The van der Waals surface area contributed by atoms with Gasteiger partial charge >= 0.3 is 0 Å². The SMILES string of the molecule is O=C1[C@@H](N2CCOCC2)CCN1c1ccc(F)c(Cl)c1. The van der Waals surface area contributed by atoms with E-state index in [9.17, 15) is 9.18 Å². The molecule has 0 aliphatic carbocycles. The summed E-state index contributed by atoms with van der Waals surface area (Å²) in [6, 6.07) is 4.31. The summed E-state index contributed by atoms with van der Waals surface area (Å²) in [4.78, 5) is 16.4. The molecule has 2 fully saturated rings. The predicted octanol–water partition coefficient (Wildman–Crippen LogP) is 1.92. The Morgan fingerprint density at radius 2 is 2.00 bits per heavy atom. The molecule has 0 N–H and O–H groups in total. The number of halogens is 2. The second-order valence-corrected chi connectivity index (χ2v) is 5.45. The predicted molar refractivity (Wildman–Crippen MR) is 74.6 cm³/mol. The Morgan fingerprint density at radius 1 is 1.25 bits per heavy atom. The number of benzene rings is 1. The molecular formula is C14H16ClFN2O2. The van der Waals surface area contributed by atoms with Gasteiger partial charge in [-0.3, -0.25) is 9.69 Å². The van der Waals surface area contributed by atoms with E-state index < -0.39 is 5.82 Å². The van der Waals surface area contributed by atoms with E-state index in [0.717, 1.165) is 19.5 Å². The van der Waals surface area contributed by atoms with Gasteiger partial charge in [-0.25, -0.2) is 4.39 Å². The van der Waals surface area contributed by atoms with Crippen LogP contribution in [0.3, 0.4) is 0 Å². The lowest BCUT2D eigenvalue weighted by atomic mass is 10.2. The molecule has 20 heavy (non-hydrogen) atoms. The molecule has 0 saturated carbocycles. The number of amides is 1. The van der Waals surface area contributed by atoms with Gasteiger partial charge < -0.3 is 9.64 Å². The van der Waals surface area contributed by atoms with Crippen molar-refractivity contribution >= 4 is 23.2 Å². The highest BCUT2D eigenvalue weighted by molar-refractivity contribution is 6.31. The standard InChI is InChI=1S/C14H16ClFN2O2/c15-11-9-10(1-2-12(11)16)18-4-3-13(14(18)19)17-5-7-20-8-6-17/h1-2,9,13H,3-8H2/t13-/m0/s1. The number of ether oxygens (including phenoxy) is 1. The molecule has 0 radical (unpaired) electrons. The first kappa shape index (κ1) is 13.8. The van der Waals surface area contributed by atoms with Gasteiger partial charge in [-0.15, -0.1) is 0 Å².